The van der Waals surface area contributed by atoms with Gasteiger partial charge in [-0.05, 0) is 13.3 Å². The van der Waals surface area contributed by atoms with Crippen molar-refractivity contribution < 1.29 is 4.79 Å². The smallest absolute Gasteiger partial charge is 0.228 e. The van der Waals surface area contributed by atoms with Crippen molar-refractivity contribution in [3.63, 3.8) is 0 Å². The minimum Gasteiger partial charge on any atom is -0.296 e. The van der Waals surface area contributed by atoms with Gasteiger partial charge in [0.05, 0.1) is 18.8 Å². The summed E-state index contributed by atoms with van der Waals surface area (Å²) in [6.07, 6.45) is 3.32. The van der Waals surface area contributed by atoms with Crippen LogP contribution in [0.3, 0.4) is 0 Å². The molecule has 0 aromatic carbocycles. The van der Waals surface area contributed by atoms with Crippen molar-refractivity contribution in [1.82, 2.24) is 4.90 Å². The zero-order chi connectivity index (χ0) is 9.26. The Morgan fingerprint density at radius 1 is 1.62 bits per heavy atom. The molecule has 0 spiro atoms. The molecular weight excluding hydrogens is 166 g/mol. The minimum atomic E-state index is 0.180. The quantitative estimate of drug-likeness (QED) is 0.533. The lowest BCUT2D eigenvalue weighted by molar-refractivity contribution is -0.124. The van der Waals surface area contributed by atoms with E-state index in [0.717, 1.165) is 18.8 Å². The van der Waals surface area contributed by atoms with Crippen molar-refractivity contribution in [2.45, 2.75) is 25.8 Å². The number of amides is 1. The third-order valence-electron chi connectivity index (χ3n) is 2.31. The molecule has 0 bridgehead atoms. The van der Waals surface area contributed by atoms with Gasteiger partial charge in [-0.3, -0.25) is 19.7 Å². The van der Waals surface area contributed by atoms with Crippen LogP contribution in [-0.4, -0.2) is 42.0 Å². The highest BCUT2D eigenvalue weighted by molar-refractivity contribution is 6.33. The van der Waals surface area contributed by atoms with Crippen molar-refractivity contribution in [3.05, 3.63) is 0 Å². The lowest BCUT2D eigenvalue weighted by Crippen LogP contribution is -2.35. The summed E-state index contributed by atoms with van der Waals surface area (Å²) in [5.41, 5.74) is 0. The third-order valence-corrected chi connectivity index (χ3v) is 2.31. The van der Waals surface area contributed by atoms with Crippen LogP contribution in [0.1, 0.15) is 19.8 Å². The molecule has 2 heterocycles. The molecule has 2 aliphatic rings. The Labute approximate surface area is 77.4 Å². The van der Waals surface area contributed by atoms with E-state index >= 15 is 0 Å². The van der Waals surface area contributed by atoms with Crippen LogP contribution in [0.25, 0.3) is 0 Å². The second-order valence-corrected chi connectivity index (χ2v) is 3.48. The Kier molecular flexibility index (Phi) is 2.12. The van der Waals surface area contributed by atoms with Crippen LogP contribution in [0.15, 0.2) is 9.98 Å². The number of hydrogen-bond donors (Lipinski definition) is 0. The van der Waals surface area contributed by atoms with Crippen molar-refractivity contribution in [2.24, 2.45) is 9.98 Å². The van der Waals surface area contributed by atoms with Gasteiger partial charge >= 0.3 is 0 Å². The van der Waals surface area contributed by atoms with Crippen LogP contribution in [0, 0.1) is 0 Å². The predicted molar refractivity (Wildman–Crippen MR) is 51.2 cm³/mol. The molecule has 4 heteroatoms. The summed E-state index contributed by atoms with van der Waals surface area (Å²) >= 11 is 0. The van der Waals surface area contributed by atoms with Gasteiger partial charge in [0.15, 0.2) is 0 Å². The summed E-state index contributed by atoms with van der Waals surface area (Å²) in [5.74, 6) is 0.931. The summed E-state index contributed by atoms with van der Waals surface area (Å²) in [6, 6.07) is 0.265. The number of aliphatic imine (C=N–C) groups is 2. The number of nitrogens with zero attached hydrogens (tertiary/aromatic N) is 3. The molecule has 13 heavy (non-hydrogen) atoms. The highest BCUT2D eigenvalue weighted by Crippen LogP contribution is 2.11. The van der Waals surface area contributed by atoms with Gasteiger partial charge in [-0.25, -0.2) is 0 Å². The van der Waals surface area contributed by atoms with E-state index in [1.807, 2.05) is 6.92 Å². The van der Waals surface area contributed by atoms with Gasteiger partial charge in [-0.15, -0.1) is 0 Å². The van der Waals surface area contributed by atoms with Crippen molar-refractivity contribution in [1.29, 1.82) is 0 Å². The zero-order valence-corrected chi connectivity index (χ0v) is 7.73. The van der Waals surface area contributed by atoms with Gasteiger partial charge in [0.2, 0.25) is 5.91 Å². The molecular formula is C9H13N3O. The summed E-state index contributed by atoms with van der Waals surface area (Å²) in [6.45, 7) is 3.52. The molecule has 0 aliphatic carbocycles. The molecule has 1 atom stereocenters. The maximum Gasteiger partial charge on any atom is 0.228 e. The predicted octanol–water partition coefficient (Wildman–Crippen LogP) is 0.480. The molecule has 1 fully saturated rings. The fourth-order valence-corrected chi connectivity index (χ4v) is 1.55. The van der Waals surface area contributed by atoms with Gasteiger partial charge < -0.3 is 0 Å². The van der Waals surface area contributed by atoms with E-state index in [4.69, 9.17) is 0 Å². The molecule has 0 N–H and O–H groups in total. The molecule has 0 aromatic heterocycles. The monoisotopic (exact) mass is 179 g/mol. The Morgan fingerprint density at radius 2 is 2.46 bits per heavy atom. The maximum atomic E-state index is 11.3. The maximum absolute atomic E-state index is 11.3. The van der Waals surface area contributed by atoms with Crippen molar-refractivity contribution in [2.75, 3.05) is 13.1 Å². The van der Waals surface area contributed by atoms with Gasteiger partial charge in [-0.2, -0.15) is 0 Å². The molecule has 4 nitrogen and oxygen atoms in total. The van der Waals surface area contributed by atoms with Crippen LogP contribution in [0.4, 0.5) is 0 Å². The molecule has 0 saturated carbocycles. The first kappa shape index (κ1) is 8.41. The lowest BCUT2D eigenvalue weighted by atomic mass is 10.3. The van der Waals surface area contributed by atoms with Crippen LogP contribution in [0.2, 0.25) is 0 Å². The molecule has 70 valence electrons. The summed E-state index contributed by atoms with van der Waals surface area (Å²) in [7, 11) is 0. The molecule has 1 amide bonds. The number of carbonyl (C=O) groups excluding carboxylic acids is 1. The Morgan fingerprint density at radius 3 is 3.00 bits per heavy atom. The van der Waals surface area contributed by atoms with E-state index in [-0.39, 0.29) is 11.9 Å². The van der Waals surface area contributed by atoms with Gasteiger partial charge in [0.25, 0.3) is 0 Å². The first-order valence-corrected chi connectivity index (χ1v) is 4.65. The van der Waals surface area contributed by atoms with Gasteiger partial charge in [-0.1, -0.05) is 0 Å². The average molecular weight is 179 g/mol. The SMILES string of the molecule is CC1CN=C(N2CCCC2=O)C=N1. The van der Waals surface area contributed by atoms with Crippen LogP contribution in [0.5, 0.6) is 0 Å². The third kappa shape index (κ3) is 1.61. The Hall–Kier alpha value is -1.19. The topological polar surface area (TPSA) is 45.0 Å². The first-order chi connectivity index (χ1) is 6.27. The van der Waals surface area contributed by atoms with Gasteiger partial charge in [0.1, 0.15) is 5.84 Å². The minimum absolute atomic E-state index is 0.180. The highest BCUT2D eigenvalue weighted by atomic mass is 16.2. The van der Waals surface area contributed by atoms with E-state index in [1.54, 1.807) is 11.1 Å². The normalized spacial score (nSPS) is 28.1. The zero-order valence-electron chi connectivity index (χ0n) is 7.73. The molecule has 0 aromatic rings. The number of likely N-dealkylation sites (tertiary alicyclic amines) is 1. The fourth-order valence-electron chi connectivity index (χ4n) is 1.55. The molecule has 1 saturated heterocycles. The molecule has 2 rings (SSSR count). The largest absolute Gasteiger partial charge is 0.296 e. The van der Waals surface area contributed by atoms with Crippen molar-refractivity contribution in [3.8, 4) is 0 Å². The number of carbonyl (C=O) groups is 1. The highest BCUT2D eigenvalue weighted by Gasteiger charge is 2.24. The first-order valence-electron chi connectivity index (χ1n) is 4.65. The van der Waals surface area contributed by atoms with E-state index in [1.165, 1.54) is 0 Å². The van der Waals surface area contributed by atoms with Gasteiger partial charge in [0, 0.05) is 13.0 Å². The van der Waals surface area contributed by atoms with Crippen LogP contribution >= 0.6 is 0 Å². The van der Waals surface area contributed by atoms with Crippen LogP contribution < -0.4 is 0 Å². The number of hydrogen-bond acceptors (Lipinski definition) is 3. The second-order valence-electron chi connectivity index (χ2n) is 3.48. The summed E-state index contributed by atoms with van der Waals surface area (Å²) < 4.78 is 0. The lowest BCUT2D eigenvalue weighted by Gasteiger charge is -2.18. The second kappa shape index (κ2) is 3.28. The molecule has 0 radical (unpaired) electrons. The summed E-state index contributed by atoms with van der Waals surface area (Å²) in [5, 5.41) is 0. The fraction of sp³-hybridized carbons (Fsp3) is 0.667. The standard InChI is InChI=1S/C9H13N3O/c1-7-5-11-8(6-10-7)12-4-2-3-9(12)13/h6-7H,2-5H2,1H3. The number of rotatable bonds is 0. The molecule has 1 unspecified atom stereocenters. The number of amidine groups is 1. The Balaban J connectivity index is 2.09. The molecule has 2 aliphatic heterocycles. The van der Waals surface area contributed by atoms with E-state index in [9.17, 15) is 4.79 Å². The van der Waals surface area contributed by atoms with E-state index < -0.39 is 0 Å². The van der Waals surface area contributed by atoms with E-state index in [2.05, 4.69) is 9.98 Å². The average Bonchev–Trinajstić information content (AvgIpc) is 2.53. The summed E-state index contributed by atoms with van der Waals surface area (Å²) in [4.78, 5) is 21.6. The van der Waals surface area contributed by atoms with Crippen LogP contribution in [-0.2, 0) is 4.79 Å². The Bertz CT molecular complexity index is 283. The van der Waals surface area contributed by atoms with Crippen molar-refractivity contribution >= 4 is 18.0 Å². The van der Waals surface area contributed by atoms with E-state index in [0.29, 0.717) is 13.0 Å².